The predicted molar refractivity (Wildman–Crippen MR) is 85.7 cm³/mol. The van der Waals surface area contributed by atoms with Crippen LogP contribution < -0.4 is 17.0 Å². The van der Waals surface area contributed by atoms with Crippen molar-refractivity contribution in [3.63, 3.8) is 0 Å². The molecule has 0 radical (unpaired) electrons. The van der Waals surface area contributed by atoms with Gasteiger partial charge >= 0.3 is 11.7 Å². The van der Waals surface area contributed by atoms with E-state index >= 15 is 0 Å². The second kappa shape index (κ2) is 8.54. The van der Waals surface area contributed by atoms with Gasteiger partial charge in [0.25, 0.3) is 5.56 Å². The fraction of sp³-hybridized carbons (Fsp3) is 0.667. The van der Waals surface area contributed by atoms with Crippen molar-refractivity contribution in [3.05, 3.63) is 32.9 Å². The molecule has 0 unspecified atom stereocenters. The molecule has 3 N–H and O–H groups in total. The number of esters is 1. The van der Waals surface area contributed by atoms with Gasteiger partial charge in [-0.1, -0.05) is 0 Å². The molecule has 11 heteroatoms. The van der Waals surface area contributed by atoms with Gasteiger partial charge in [0.05, 0.1) is 18.9 Å². The number of carbonyl (C=O) groups excluding carboxylic acids is 1. The van der Waals surface area contributed by atoms with Crippen LogP contribution in [0, 0.1) is 5.82 Å². The lowest BCUT2D eigenvalue weighted by molar-refractivity contribution is -0.149. The molecule has 10 nitrogen and oxygen atoms in total. The summed E-state index contributed by atoms with van der Waals surface area (Å²) in [6.45, 7) is 2.38. The lowest BCUT2D eigenvalue weighted by Gasteiger charge is -2.17. The summed E-state index contributed by atoms with van der Waals surface area (Å²) < 4.78 is 31.0. The van der Waals surface area contributed by atoms with Gasteiger partial charge in [0.15, 0.2) is 6.73 Å². The van der Waals surface area contributed by atoms with E-state index in [9.17, 15) is 23.9 Å². The minimum Gasteiger partial charge on any atom is -0.442 e. The van der Waals surface area contributed by atoms with E-state index in [1.54, 1.807) is 6.92 Å². The van der Waals surface area contributed by atoms with Crippen LogP contribution in [0.15, 0.2) is 15.8 Å². The standard InChI is InChI=1S/C15H22FN3O7/c1-3-24-10-4-12(26-11(10)6-20)18-5-9(16)13(21)19(15(18)23)7-25-14(22)8(2)17/h5,8,10-12,20H,3-4,6-7,17H2,1-2H3/t8-,10-,11+,12+/m0/s1. The van der Waals surface area contributed by atoms with Gasteiger partial charge in [-0.2, -0.15) is 4.39 Å². The van der Waals surface area contributed by atoms with E-state index in [0.29, 0.717) is 11.2 Å². The molecule has 1 aromatic rings. The predicted octanol–water partition coefficient (Wildman–Crippen LogP) is -1.32. The first-order chi connectivity index (χ1) is 12.3. The van der Waals surface area contributed by atoms with Crippen molar-refractivity contribution in [2.24, 2.45) is 5.73 Å². The molecule has 26 heavy (non-hydrogen) atoms. The summed E-state index contributed by atoms with van der Waals surface area (Å²) in [4.78, 5) is 35.8. The summed E-state index contributed by atoms with van der Waals surface area (Å²) in [5.41, 5.74) is 3.18. The zero-order valence-electron chi connectivity index (χ0n) is 14.5. The van der Waals surface area contributed by atoms with Gasteiger partial charge in [-0.3, -0.25) is 14.2 Å². The molecule has 0 bridgehead atoms. The van der Waals surface area contributed by atoms with Crippen molar-refractivity contribution in [2.75, 3.05) is 13.2 Å². The molecular formula is C15H22FN3O7. The van der Waals surface area contributed by atoms with Crippen LogP contribution in [0.3, 0.4) is 0 Å². The fourth-order valence-electron chi connectivity index (χ4n) is 2.59. The first kappa shape index (κ1) is 20.2. The first-order valence-corrected chi connectivity index (χ1v) is 8.11. The maximum absolute atomic E-state index is 14.0. The van der Waals surface area contributed by atoms with Gasteiger partial charge in [-0.15, -0.1) is 0 Å². The zero-order valence-corrected chi connectivity index (χ0v) is 14.5. The number of halogens is 1. The van der Waals surface area contributed by atoms with Crippen LogP contribution in [0.2, 0.25) is 0 Å². The van der Waals surface area contributed by atoms with Gasteiger partial charge in [-0.25, -0.2) is 9.36 Å². The first-order valence-electron chi connectivity index (χ1n) is 8.11. The van der Waals surface area contributed by atoms with E-state index < -0.39 is 54.2 Å². The third-order valence-corrected chi connectivity index (χ3v) is 3.91. The highest BCUT2D eigenvalue weighted by atomic mass is 19.1. The quantitative estimate of drug-likeness (QED) is 0.561. The van der Waals surface area contributed by atoms with Crippen LogP contribution in [0.4, 0.5) is 4.39 Å². The Labute approximate surface area is 147 Å². The molecular weight excluding hydrogens is 353 g/mol. The average molecular weight is 375 g/mol. The van der Waals surface area contributed by atoms with Crippen LogP contribution in [0.1, 0.15) is 26.5 Å². The number of nitrogens with zero attached hydrogens (tertiary/aromatic N) is 2. The van der Waals surface area contributed by atoms with Gasteiger partial charge in [0.2, 0.25) is 5.82 Å². The number of aromatic nitrogens is 2. The molecule has 0 saturated carbocycles. The smallest absolute Gasteiger partial charge is 0.336 e. The van der Waals surface area contributed by atoms with Crippen LogP contribution >= 0.6 is 0 Å². The summed E-state index contributed by atoms with van der Waals surface area (Å²) in [6, 6.07) is -0.961. The molecule has 2 rings (SSSR count). The Morgan fingerprint density at radius 3 is 2.81 bits per heavy atom. The van der Waals surface area contributed by atoms with Crippen molar-refractivity contribution >= 4 is 5.97 Å². The van der Waals surface area contributed by atoms with Crippen molar-refractivity contribution < 1.29 is 28.5 Å². The number of ether oxygens (including phenoxy) is 3. The number of hydrogen-bond acceptors (Lipinski definition) is 8. The molecule has 1 aromatic heterocycles. The fourth-order valence-corrected chi connectivity index (χ4v) is 2.59. The molecule has 0 aromatic carbocycles. The number of rotatable bonds is 7. The highest BCUT2D eigenvalue weighted by molar-refractivity contribution is 5.74. The summed E-state index contributed by atoms with van der Waals surface area (Å²) in [7, 11) is 0. The maximum Gasteiger partial charge on any atom is 0.336 e. The maximum atomic E-state index is 14.0. The van der Waals surface area contributed by atoms with Crippen LogP contribution in [0.5, 0.6) is 0 Å². The Hall–Kier alpha value is -2.08. The molecule has 0 spiro atoms. The van der Waals surface area contributed by atoms with E-state index in [4.69, 9.17) is 19.9 Å². The summed E-state index contributed by atoms with van der Waals surface area (Å²) in [5, 5.41) is 9.36. The molecule has 0 aliphatic carbocycles. The van der Waals surface area contributed by atoms with Gasteiger partial charge < -0.3 is 25.1 Å². The number of aliphatic hydroxyl groups is 1. The second-order valence-electron chi connectivity index (χ2n) is 5.82. The van der Waals surface area contributed by atoms with Crippen molar-refractivity contribution in [3.8, 4) is 0 Å². The SMILES string of the molecule is CCO[C@H]1C[C@H](n2cc(F)c(=O)n(COC(=O)[C@H](C)N)c2=O)O[C@@H]1CO. The normalized spacial score (nSPS) is 23.8. The lowest BCUT2D eigenvalue weighted by atomic mass is 10.2. The van der Waals surface area contributed by atoms with Gasteiger partial charge in [0, 0.05) is 13.0 Å². The van der Waals surface area contributed by atoms with Crippen molar-refractivity contribution in [1.82, 2.24) is 9.13 Å². The van der Waals surface area contributed by atoms with E-state index in [2.05, 4.69) is 0 Å². The number of hydrogen-bond donors (Lipinski definition) is 2. The minimum absolute atomic E-state index is 0.177. The van der Waals surface area contributed by atoms with Crippen molar-refractivity contribution in [2.45, 2.75) is 51.5 Å². The molecule has 0 amide bonds. The molecule has 1 aliphatic rings. The van der Waals surface area contributed by atoms with Gasteiger partial charge in [-0.05, 0) is 13.8 Å². The van der Waals surface area contributed by atoms with E-state index in [1.807, 2.05) is 0 Å². The Morgan fingerprint density at radius 1 is 1.54 bits per heavy atom. The van der Waals surface area contributed by atoms with Crippen LogP contribution in [-0.4, -0.2) is 51.7 Å². The van der Waals surface area contributed by atoms with Crippen LogP contribution in [-0.2, 0) is 25.7 Å². The molecule has 146 valence electrons. The number of carbonyl (C=O) groups is 1. The Kier molecular flexibility index (Phi) is 6.64. The Bertz CT molecular complexity index is 761. The summed E-state index contributed by atoms with van der Waals surface area (Å²) >= 11 is 0. The average Bonchev–Trinajstić information content (AvgIpc) is 3.00. The van der Waals surface area contributed by atoms with E-state index in [0.717, 1.165) is 10.8 Å². The topological polar surface area (TPSA) is 135 Å². The Morgan fingerprint density at radius 2 is 2.23 bits per heavy atom. The highest BCUT2D eigenvalue weighted by Crippen LogP contribution is 2.29. The zero-order chi connectivity index (χ0) is 19.4. The molecule has 1 aliphatic heterocycles. The Balaban J connectivity index is 2.32. The van der Waals surface area contributed by atoms with E-state index in [-0.39, 0.29) is 13.0 Å². The van der Waals surface area contributed by atoms with Gasteiger partial charge in [0.1, 0.15) is 18.4 Å². The third-order valence-electron chi connectivity index (χ3n) is 3.91. The lowest BCUT2D eigenvalue weighted by Crippen LogP contribution is -2.44. The van der Waals surface area contributed by atoms with Crippen molar-refractivity contribution in [1.29, 1.82) is 0 Å². The highest BCUT2D eigenvalue weighted by Gasteiger charge is 2.37. The molecule has 1 saturated heterocycles. The van der Waals surface area contributed by atoms with Crippen LogP contribution in [0.25, 0.3) is 0 Å². The second-order valence-corrected chi connectivity index (χ2v) is 5.82. The molecule has 4 atom stereocenters. The summed E-state index contributed by atoms with van der Waals surface area (Å²) in [5.74, 6) is -2.06. The molecule has 2 heterocycles. The largest absolute Gasteiger partial charge is 0.442 e. The number of aliphatic hydroxyl groups excluding tert-OH is 1. The van der Waals surface area contributed by atoms with E-state index in [1.165, 1.54) is 6.92 Å². The monoisotopic (exact) mass is 375 g/mol. The number of nitrogens with two attached hydrogens (primary N) is 1. The molecule has 1 fully saturated rings. The third kappa shape index (κ3) is 4.18. The summed E-state index contributed by atoms with van der Waals surface area (Å²) in [6.07, 6.45) is -1.22. The minimum atomic E-state index is -1.23.